The van der Waals surface area contributed by atoms with Crippen molar-refractivity contribution < 1.29 is 14.3 Å². The topological polar surface area (TPSA) is 47.6 Å². The van der Waals surface area contributed by atoms with Gasteiger partial charge in [0, 0.05) is 21.9 Å². The first-order valence-electron chi connectivity index (χ1n) is 8.61. The van der Waals surface area contributed by atoms with E-state index in [0.29, 0.717) is 12.2 Å². The molecule has 1 N–H and O–H groups in total. The molecule has 0 atom stereocenters. The fourth-order valence-electron chi connectivity index (χ4n) is 2.42. The molecule has 0 aromatic heterocycles. The van der Waals surface area contributed by atoms with Crippen LogP contribution < -0.4 is 14.8 Å². The van der Waals surface area contributed by atoms with Gasteiger partial charge >= 0.3 is 0 Å². The van der Waals surface area contributed by atoms with Crippen LogP contribution in [0.2, 0.25) is 0 Å². The Morgan fingerprint density at radius 3 is 2.22 bits per heavy atom. The molecule has 0 fully saturated rings. The molecule has 0 heterocycles. The number of thioether (sulfide) groups is 1. The average molecular weight is 379 g/mol. The van der Waals surface area contributed by atoms with Gasteiger partial charge in [-0.15, -0.1) is 11.8 Å². The minimum absolute atomic E-state index is 0.161. The predicted octanol–water partition coefficient (Wildman–Crippen LogP) is 5.12. The Morgan fingerprint density at radius 2 is 1.56 bits per heavy atom. The number of carbonyl (C=O) groups is 1. The van der Waals surface area contributed by atoms with E-state index in [1.807, 2.05) is 30.3 Å². The summed E-state index contributed by atoms with van der Waals surface area (Å²) in [6.07, 6.45) is 0. The number of ether oxygens (including phenoxy) is 2. The van der Waals surface area contributed by atoms with Gasteiger partial charge in [0.05, 0.1) is 13.7 Å². The summed E-state index contributed by atoms with van der Waals surface area (Å²) in [7, 11) is 1.61. The van der Waals surface area contributed by atoms with Gasteiger partial charge in [-0.25, -0.2) is 0 Å². The minimum Gasteiger partial charge on any atom is -0.497 e. The van der Waals surface area contributed by atoms with Crippen LogP contribution in [0.1, 0.15) is 10.4 Å². The highest BCUT2D eigenvalue weighted by atomic mass is 32.2. The molecule has 0 spiro atoms. The Kier molecular flexibility index (Phi) is 6.77. The maximum absolute atomic E-state index is 12.3. The third-order valence-electron chi connectivity index (χ3n) is 3.83. The molecular weight excluding hydrogens is 358 g/mol. The molecular formula is C22H21NO3S. The molecule has 0 aliphatic heterocycles. The van der Waals surface area contributed by atoms with E-state index in [0.717, 1.165) is 22.9 Å². The molecule has 138 valence electrons. The number of amides is 1. The zero-order chi connectivity index (χ0) is 18.9. The van der Waals surface area contributed by atoms with Gasteiger partial charge in [-0.1, -0.05) is 18.2 Å². The second kappa shape index (κ2) is 9.69. The lowest BCUT2D eigenvalue weighted by atomic mass is 10.2. The number of hydrogen-bond acceptors (Lipinski definition) is 4. The van der Waals surface area contributed by atoms with E-state index in [2.05, 4.69) is 17.4 Å². The van der Waals surface area contributed by atoms with Crippen molar-refractivity contribution in [2.24, 2.45) is 0 Å². The second-order valence-corrected chi connectivity index (χ2v) is 6.89. The van der Waals surface area contributed by atoms with Gasteiger partial charge in [0.1, 0.15) is 11.5 Å². The summed E-state index contributed by atoms with van der Waals surface area (Å²) in [5.41, 5.74) is 1.30. The van der Waals surface area contributed by atoms with Crippen LogP contribution in [-0.4, -0.2) is 25.4 Å². The summed E-state index contributed by atoms with van der Waals surface area (Å²) in [4.78, 5) is 13.5. The Hall–Kier alpha value is -2.92. The molecule has 0 saturated heterocycles. The van der Waals surface area contributed by atoms with Crippen LogP contribution in [0, 0.1) is 0 Å². The van der Waals surface area contributed by atoms with Crippen molar-refractivity contribution in [1.29, 1.82) is 0 Å². The molecule has 0 radical (unpaired) electrons. The highest BCUT2D eigenvalue weighted by Crippen LogP contribution is 2.19. The predicted molar refractivity (Wildman–Crippen MR) is 110 cm³/mol. The highest BCUT2D eigenvalue weighted by Gasteiger charge is 2.06. The van der Waals surface area contributed by atoms with Crippen LogP contribution in [0.3, 0.4) is 0 Å². The standard InChI is InChI=1S/C22H21NO3S/c1-25-19-13-9-18(10-14-19)23-22(24)17-7-11-20(12-8-17)26-15-16-27-21-5-3-2-4-6-21/h2-14H,15-16H2,1H3,(H,23,24). The molecule has 1 amide bonds. The average Bonchev–Trinajstić information content (AvgIpc) is 2.73. The van der Waals surface area contributed by atoms with Crippen molar-refractivity contribution in [1.82, 2.24) is 0 Å². The Bertz CT molecular complexity index is 849. The lowest BCUT2D eigenvalue weighted by Crippen LogP contribution is -2.11. The minimum atomic E-state index is -0.161. The summed E-state index contributed by atoms with van der Waals surface area (Å²) >= 11 is 1.75. The molecule has 0 aliphatic rings. The third-order valence-corrected chi connectivity index (χ3v) is 4.80. The summed E-state index contributed by atoms with van der Waals surface area (Å²) in [6.45, 7) is 0.608. The molecule has 3 rings (SSSR count). The van der Waals surface area contributed by atoms with Gasteiger partial charge in [-0.05, 0) is 60.7 Å². The monoisotopic (exact) mass is 379 g/mol. The Labute approximate surface area is 163 Å². The van der Waals surface area contributed by atoms with Gasteiger partial charge in [0.25, 0.3) is 5.91 Å². The molecule has 0 unspecified atom stereocenters. The first-order valence-corrected chi connectivity index (χ1v) is 9.59. The van der Waals surface area contributed by atoms with Gasteiger partial charge in [-0.3, -0.25) is 4.79 Å². The highest BCUT2D eigenvalue weighted by molar-refractivity contribution is 7.99. The lowest BCUT2D eigenvalue weighted by Gasteiger charge is -2.08. The maximum atomic E-state index is 12.3. The van der Waals surface area contributed by atoms with Crippen molar-refractivity contribution in [3.63, 3.8) is 0 Å². The molecule has 3 aromatic carbocycles. The van der Waals surface area contributed by atoms with Crippen molar-refractivity contribution >= 4 is 23.4 Å². The van der Waals surface area contributed by atoms with Crippen LogP contribution in [0.5, 0.6) is 11.5 Å². The van der Waals surface area contributed by atoms with Gasteiger partial charge in [0.2, 0.25) is 0 Å². The van der Waals surface area contributed by atoms with E-state index >= 15 is 0 Å². The summed E-state index contributed by atoms with van der Waals surface area (Å²) < 4.78 is 10.8. The van der Waals surface area contributed by atoms with Gasteiger partial charge in [0.15, 0.2) is 0 Å². The van der Waals surface area contributed by atoms with E-state index < -0.39 is 0 Å². The van der Waals surface area contributed by atoms with Crippen LogP contribution in [0.15, 0.2) is 83.8 Å². The van der Waals surface area contributed by atoms with Crippen molar-refractivity contribution in [2.75, 3.05) is 24.8 Å². The zero-order valence-electron chi connectivity index (χ0n) is 15.1. The van der Waals surface area contributed by atoms with Crippen molar-refractivity contribution in [2.45, 2.75) is 4.90 Å². The SMILES string of the molecule is COc1ccc(NC(=O)c2ccc(OCCSc3ccccc3)cc2)cc1. The number of methoxy groups -OCH3 is 1. The molecule has 0 bridgehead atoms. The van der Waals surface area contributed by atoms with Crippen LogP contribution in [-0.2, 0) is 0 Å². The molecule has 5 heteroatoms. The van der Waals surface area contributed by atoms with Crippen molar-refractivity contribution in [3.05, 3.63) is 84.4 Å². The first-order chi connectivity index (χ1) is 13.2. The van der Waals surface area contributed by atoms with E-state index in [1.165, 1.54) is 4.90 Å². The number of rotatable bonds is 8. The maximum Gasteiger partial charge on any atom is 0.255 e. The summed E-state index contributed by atoms with van der Waals surface area (Å²) in [6, 6.07) is 24.6. The second-order valence-electron chi connectivity index (χ2n) is 5.72. The van der Waals surface area contributed by atoms with E-state index in [1.54, 1.807) is 55.3 Å². The van der Waals surface area contributed by atoms with Gasteiger partial charge in [-0.2, -0.15) is 0 Å². The summed E-state index contributed by atoms with van der Waals surface area (Å²) in [5, 5.41) is 2.86. The zero-order valence-corrected chi connectivity index (χ0v) is 15.9. The molecule has 4 nitrogen and oxygen atoms in total. The largest absolute Gasteiger partial charge is 0.497 e. The molecule has 27 heavy (non-hydrogen) atoms. The van der Waals surface area contributed by atoms with Crippen LogP contribution in [0.25, 0.3) is 0 Å². The van der Waals surface area contributed by atoms with Crippen LogP contribution >= 0.6 is 11.8 Å². The fourth-order valence-corrected chi connectivity index (χ4v) is 3.17. The van der Waals surface area contributed by atoms with Gasteiger partial charge < -0.3 is 14.8 Å². The number of nitrogens with one attached hydrogen (secondary N) is 1. The Morgan fingerprint density at radius 1 is 0.889 bits per heavy atom. The smallest absolute Gasteiger partial charge is 0.255 e. The number of anilines is 1. The summed E-state index contributed by atoms with van der Waals surface area (Å²) in [5.74, 6) is 2.21. The molecule has 0 aliphatic carbocycles. The molecule has 3 aromatic rings. The van der Waals surface area contributed by atoms with Crippen LogP contribution in [0.4, 0.5) is 5.69 Å². The van der Waals surface area contributed by atoms with Crippen molar-refractivity contribution in [3.8, 4) is 11.5 Å². The molecule has 0 saturated carbocycles. The number of benzene rings is 3. The number of hydrogen-bond donors (Lipinski definition) is 1. The third kappa shape index (κ3) is 5.79. The fraction of sp³-hybridized carbons (Fsp3) is 0.136. The van der Waals surface area contributed by atoms with E-state index in [9.17, 15) is 4.79 Å². The normalized spacial score (nSPS) is 10.3. The van der Waals surface area contributed by atoms with E-state index in [4.69, 9.17) is 9.47 Å². The Balaban J connectivity index is 1.46. The van der Waals surface area contributed by atoms with E-state index in [-0.39, 0.29) is 5.91 Å². The first kappa shape index (κ1) is 18.9. The quantitative estimate of drug-likeness (QED) is 0.436. The lowest BCUT2D eigenvalue weighted by molar-refractivity contribution is 0.102. The number of carbonyl (C=O) groups excluding carboxylic acids is 1.